The monoisotopic (exact) mass is 237 g/mol. The third-order valence-electron chi connectivity index (χ3n) is 3.44. The Morgan fingerprint density at radius 1 is 1.50 bits per heavy atom. The van der Waals surface area contributed by atoms with Crippen molar-refractivity contribution in [2.45, 2.75) is 30.1 Å². The van der Waals surface area contributed by atoms with E-state index in [1.54, 1.807) is 7.11 Å². The fourth-order valence-electron chi connectivity index (χ4n) is 2.33. The normalized spacial score (nSPS) is 23.9. The summed E-state index contributed by atoms with van der Waals surface area (Å²) in [5, 5.41) is 0. The highest BCUT2D eigenvalue weighted by Crippen LogP contribution is 2.44. The van der Waals surface area contributed by atoms with Gasteiger partial charge < -0.3 is 10.5 Å². The summed E-state index contributed by atoms with van der Waals surface area (Å²) >= 11 is 1.94. The number of nitrogens with two attached hydrogens (primary N) is 1. The van der Waals surface area contributed by atoms with Crippen molar-refractivity contribution in [3.63, 3.8) is 0 Å². The minimum Gasteiger partial charge on any atom is -0.497 e. The Balaban J connectivity index is 2.42. The molecule has 1 heterocycles. The van der Waals surface area contributed by atoms with Crippen LogP contribution in [0.25, 0.3) is 0 Å². The first-order valence-electron chi connectivity index (χ1n) is 5.71. The maximum Gasteiger partial charge on any atom is 0.119 e. The lowest BCUT2D eigenvalue weighted by Gasteiger charge is -2.35. The molecule has 16 heavy (non-hydrogen) atoms. The fraction of sp³-hybridized carbons (Fsp3) is 0.538. The molecule has 3 heteroatoms. The van der Waals surface area contributed by atoms with Gasteiger partial charge in [-0.3, -0.25) is 0 Å². The molecule has 0 amide bonds. The Labute approximate surface area is 102 Å². The summed E-state index contributed by atoms with van der Waals surface area (Å²) in [5.74, 6) is 2.14. The van der Waals surface area contributed by atoms with Crippen LogP contribution in [0.2, 0.25) is 0 Å². The molecule has 1 aliphatic rings. The molecule has 0 aliphatic carbocycles. The van der Waals surface area contributed by atoms with Gasteiger partial charge in [0.1, 0.15) is 5.75 Å². The lowest BCUT2D eigenvalue weighted by Crippen LogP contribution is -2.29. The number of fused-ring (bicyclic) bond motifs is 1. The number of thioether (sulfide) groups is 1. The van der Waals surface area contributed by atoms with Gasteiger partial charge in [-0.15, -0.1) is 11.8 Å². The SMILES string of the molecule is COc1ccc2c(c1)C(C)(CCN)CCS2. The minimum absolute atomic E-state index is 0.226. The number of hydrogen-bond donors (Lipinski definition) is 1. The van der Waals surface area contributed by atoms with Crippen LogP contribution in [0.5, 0.6) is 5.75 Å². The first kappa shape index (κ1) is 11.8. The standard InChI is InChI=1S/C13H19NOS/c1-13(5-7-14)6-8-16-12-4-3-10(15-2)9-11(12)13/h3-4,9H,5-8,14H2,1-2H3. The maximum atomic E-state index is 5.73. The molecular weight excluding hydrogens is 218 g/mol. The molecular formula is C13H19NOS. The van der Waals surface area contributed by atoms with Gasteiger partial charge in [0.2, 0.25) is 0 Å². The predicted octanol–water partition coefficient (Wildman–Crippen LogP) is 2.80. The van der Waals surface area contributed by atoms with Gasteiger partial charge in [0.25, 0.3) is 0 Å². The lowest BCUT2D eigenvalue weighted by atomic mass is 9.77. The molecule has 0 saturated carbocycles. The highest BCUT2D eigenvalue weighted by Gasteiger charge is 2.31. The van der Waals surface area contributed by atoms with E-state index in [4.69, 9.17) is 10.5 Å². The third kappa shape index (κ3) is 2.06. The molecule has 0 bridgehead atoms. The second kappa shape index (κ2) is 4.68. The zero-order valence-corrected chi connectivity index (χ0v) is 10.8. The zero-order valence-electron chi connectivity index (χ0n) is 9.95. The van der Waals surface area contributed by atoms with Crippen LogP contribution in [0.1, 0.15) is 25.3 Å². The second-order valence-corrected chi connectivity index (χ2v) is 5.70. The Bertz CT molecular complexity index is 380. The van der Waals surface area contributed by atoms with E-state index in [1.165, 1.54) is 22.6 Å². The van der Waals surface area contributed by atoms with Crippen molar-refractivity contribution in [1.29, 1.82) is 0 Å². The van der Waals surface area contributed by atoms with Gasteiger partial charge in [-0.05, 0) is 54.3 Å². The average molecular weight is 237 g/mol. The van der Waals surface area contributed by atoms with Gasteiger partial charge in [-0.1, -0.05) is 6.92 Å². The van der Waals surface area contributed by atoms with Crippen molar-refractivity contribution in [3.05, 3.63) is 23.8 Å². The third-order valence-corrected chi connectivity index (χ3v) is 4.52. The molecule has 0 fully saturated rings. The van der Waals surface area contributed by atoms with Crippen LogP contribution in [0.3, 0.4) is 0 Å². The Morgan fingerprint density at radius 3 is 3.00 bits per heavy atom. The maximum absolute atomic E-state index is 5.73. The quantitative estimate of drug-likeness (QED) is 0.878. The van der Waals surface area contributed by atoms with Crippen LogP contribution >= 0.6 is 11.8 Å². The smallest absolute Gasteiger partial charge is 0.119 e. The molecule has 0 aromatic heterocycles. The molecule has 1 aliphatic heterocycles. The molecule has 2 rings (SSSR count). The number of ether oxygens (including phenoxy) is 1. The van der Waals surface area contributed by atoms with Crippen molar-refractivity contribution >= 4 is 11.8 Å². The van der Waals surface area contributed by atoms with Crippen LogP contribution in [0.4, 0.5) is 0 Å². The zero-order chi connectivity index (χ0) is 11.6. The summed E-state index contributed by atoms with van der Waals surface area (Å²) in [7, 11) is 1.72. The fourth-order valence-corrected chi connectivity index (χ4v) is 3.73. The molecule has 1 unspecified atom stereocenters. The van der Waals surface area contributed by atoms with Crippen molar-refractivity contribution in [1.82, 2.24) is 0 Å². The highest BCUT2D eigenvalue weighted by atomic mass is 32.2. The molecule has 0 radical (unpaired) electrons. The number of rotatable bonds is 3. The second-order valence-electron chi connectivity index (χ2n) is 4.56. The van der Waals surface area contributed by atoms with Gasteiger partial charge in [0.05, 0.1) is 7.11 Å². The Hall–Kier alpha value is -0.670. The predicted molar refractivity (Wildman–Crippen MR) is 69.4 cm³/mol. The van der Waals surface area contributed by atoms with E-state index in [0.29, 0.717) is 0 Å². The molecule has 1 aromatic rings. The lowest BCUT2D eigenvalue weighted by molar-refractivity contribution is 0.396. The van der Waals surface area contributed by atoms with E-state index in [9.17, 15) is 0 Å². The van der Waals surface area contributed by atoms with E-state index in [-0.39, 0.29) is 5.41 Å². The summed E-state index contributed by atoms with van der Waals surface area (Å²) in [5.41, 5.74) is 7.37. The van der Waals surface area contributed by atoms with Crippen molar-refractivity contribution < 1.29 is 4.74 Å². The van der Waals surface area contributed by atoms with Crippen LogP contribution in [-0.2, 0) is 5.41 Å². The number of benzene rings is 1. The topological polar surface area (TPSA) is 35.2 Å². The van der Waals surface area contributed by atoms with E-state index in [1.807, 2.05) is 17.8 Å². The van der Waals surface area contributed by atoms with Crippen molar-refractivity contribution in [2.75, 3.05) is 19.4 Å². The molecule has 1 atom stereocenters. The van der Waals surface area contributed by atoms with Crippen molar-refractivity contribution in [3.8, 4) is 5.75 Å². The molecule has 88 valence electrons. The van der Waals surface area contributed by atoms with E-state index < -0.39 is 0 Å². The van der Waals surface area contributed by atoms with Crippen LogP contribution < -0.4 is 10.5 Å². The highest BCUT2D eigenvalue weighted by molar-refractivity contribution is 7.99. The van der Waals surface area contributed by atoms with E-state index in [0.717, 1.165) is 18.7 Å². The van der Waals surface area contributed by atoms with Crippen LogP contribution in [-0.4, -0.2) is 19.4 Å². The summed E-state index contributed by atoms with van der Waals surface area (Å²) in [6.07, 6.45) is 2.25. The summed E-state index contributed by atoms with van der Waals surface area (Å²) < 4.78 is 5.31. The van der Waals surface area contributed by atoms with Gasteiger partial charge in [-0.2, -0.15) is 0 Å². The molecule has 0 spiro atoms. The van der Waals surface area contributed by atoms with Crippen molar-refractivity contribution in [2.24, 2.45) is 5.73 Å². The Morgan fingerprint density at radius 2 is 2.31 bits per heavy atom. The summed E-state index contributed by atoms with van der Waals surface area (Å²) in [6.45, 7) is 3.07. The molecule has 0 saturated heterocycles. The van der Waals surface area contributed by atoms with Gasteiger partial charge >= 0.3 is 0 Å². The Kier molecular flexibility index (Phi) is 3.45. The van der Waals surface area contributed by atoms with E-state index in [2.05, 4.69) is 19.1 Å². The molecule has 2 nitrogen and oxygen atoms in total. The summed E-state index contributed by atoms with van der Waals surface area (Å²) in [6, 6.07) is 6.39. The van der Waals surface area contributed by atoms with Gasteiger partial charge in [0.15, 0.2) is 0 Å². The average Bonchev–Trinajstić information content (AvgIpc) is 2.29. The molecule has 1 aromatic carbocycles. The first-order valence-corrected chi connectivity index (χ1v) is 6.69. The van der Waals surface area contributed by atoms with Crippen LogP contribution in [0.15, 0.2) is 23.1 Å². The first-order chi connectivity index (χ1) is 7.69. The van der Waals surface area contributed by atoms with Crippen LogP contribution in [0, 0.1) is 0 Å². The van der Waals surface area contributed by atoms with Gasteiger partial charge in [-0.25, -0.2) is 0 Å². The largest absolute Gasteiger partial charge is 0.497 e. The number of methoxy groups -OCH3 is 1. The molecule has 2 N–H and O–H groups in total. The minimum atomic E-state index is 0.226. The summed E-state index contributed by atoms with van der Waals surface area (Å²) in [4.78, 5) is 1.39. The number of hydrogen-bond acceptors (Lipinski definition) is 3. The van der Waals surface area contributed by atoms with Gasteiger partial charge in [0, 0.05) is 4.90 Å². The van der Waals surface area contributed by atoms with E-state index >= 15 is 0 Å².